The van der Waals surface area contributed by atoms with Crippen molar-refractivity contribution in [1.82, 2.24) is 5.43 Å². The van der Waals surface area contributed by atoms with E-state index in [1.165, 1.54) is 6.21 Å². The van der Waals surface area contributed by atoms with Gasteiger partial charge in [0.25, 0.3) is 5.91 Å². The van der Waals surface area contributed by atoms with Crippen molar-refractivity contribution in [2.75, 3.05) is 0 Å². The lowest BCUT2D eigenvalue weighted by molar-refractivity contribution is 0.0955. The van der Waals surface area contributed by atoms with Crippen molar-refractivity contribution in [2.45, 2.75) is 0 Å². The van der Waals surface area contributed by atoms with E-state index in [9.17, 15) is 4.79 Å². The number of allylic oxidation sites excluding steroid dienone is 1. The number of carbonyl (C=O) groups is 1. The third-order valence-corrected chi connectivity index (χ3v) is 2.49. The molecule has 0 aliphatic heterocycles. The van der Waals surface area contributed by atoms with Gasteiger partial charge in [0.05, 0.1) is 6.26 Å². The molecule has 0 aliphatic carbocycles. The Labute approximate surface area is 115 Å². The molecule has 1 amide bonds. The van der Waals surface area contributed by atoms with Crippen molar-refractivity contribution < 1.29 is 9.21 Å². The van der Waals surface area contributed by atoms with Gasteiger partial charge in [0.15, 0.2) is 0 Å². The molecule has 1 aromatic heterocycles. The molecule has 1 N–H and O–H groups in total. The average Bonchev–Trinajstić information content (AvgIpc) is 2.92. The lowest BCUT2D eigenvalue weighted by Crippen LogP contribution is -2.17. The summed E-state index contributed by atoms with van der Waals surface area (Å²) >= 11 is 5.73. The molecule has 0 saturated carbocycles. The van der Waals surface area contributed by atoms with Gasteiger partial charge in [-0.25, -0.2) is 5.43 Å². The van der Waals surface area contributed by atoms with Crippen LogP contribution in [-0.4, -0.2) is 12.1 Å². The smallest absolute Gasteiger partial charge is 0.271 e. The maximum Gasteiger partial charge on any atom is 0.271 e. The molecular weight excluding hydrogens is 264 g/mol. The number of benzene rings is 1. The van der Waals surface area contributed by atoms with Crippen LogP contribution in [0.5, 0.6) is 0 Å². The number of nitrogens with zero attached hydrogens (tertiary/aromatic N) is 1. The van der Waals surface area contributed by atoms with E-state index in [0.29, 0.717) is 10.6 Å². The van der Waals surface area contributed by atoms with Crippen LogP contribution in [0.1, 0.15) is 16.1 Å². The Morgan fingerprint density at radius 3 is 2.74 bits per heavy atom. The third kappa shape index (κ3) is 4.12. The zero-order valence-corrected chi connectivity index (χ0v) is 10.7. The predicted molar refractivity (Wildman–Crippen MR) is 75.2 cm³/mol. The molecule has 4 nitrogen and oxygen atoms in total. The lowest BCUT2D eigenvalue weighted by atomic mass is 10.2. The van der Waals surface area contributed by atoms with E-state index in [-0.39, 0.29) is 5.91 Å². The number of carbonyl (C=O) groups excluding carboxylic acids is 1. The van der Waals surface area contributed by atoms with E-state index in [4.69, 9.17) is 16.0 Å². The van der Waals surface area contributed by atoms with Crippen LogP contribution in [0.3, 0.4) is 0 Å². The monoisotopic (exact) mass is 274 g/mol. The van der Waals surface area contributed by atoms with Crippen LogP contribution >= 0.6 is 11.6 Å². The fourth-order valence-electron chi connectivity index (χ4n) is 1.33. The summed E-state index contributed by atoms with van der Waals surface area (Å²) in [6.07, 6.45) is 6.45. The highest BCUT2D eigenvalue weighted by Crippen LogP contribution is 2.09. The van der Waals surface area contributed by atoms with E-state index < -0.39 is 0 Å². The molecule has 0 bridgehead atoms. The molecule has 0 unspecified atom stereocenters. The van der Waals surface area contributed by atoms with E-state index in [0.717, 1.165) is 5.76 Å². The number of furan rings is 1. The standard InChI is InChI=1S/C14H11ClN2O2/c15-12-7-5-11(6-8-12)14(18)17-16-9-1-3-13-4-2-10-19-13/h1-10H,(H,17,18)/b3-1+,16-9+. The predicted octanol–water partition coefficient (Wildman–Crippen LogP) is 3.36. The summed E-state index contributed by atoms with van der Waals surface area (Å²) in [5.41, 5.74) is 2.90. The van der Waals surface area contributed by atoms with Crippen molar-refractivity contribution in [3.05, 3.63) is 65.1 Å². The van der Waals surface area contributed by atoms with Crippen molar-refractivity contribution in [3.8, 4) is 0 Å². The average molecular weight is 275 g/mol. The lowest BCUT2D eigenvalue weighted by Gasteiger charge is -1.98. The molecule has 5 heteroatoms. The number of hydrogen-bond donors (Lipinski definition) is 1. The molecule has 1 aromatic carbocycles. The first-order valence-electron chi connectivity index (χ1n) is 5.55. The molecule has 0 spiro atoms. The summed E-state index contributed by atoms with van der Waals surface area (Å²) in [6, 6.07) is 10.2. The maximum atomic E-state index is 11.6. The molecule has 19 heavy (non-hydrogen) atoms. The molecule has 0 radical (unpaired) electrons. The van der Waals surface area contributed by atoms with Crippen LogP contribution in [0, 0.1) is 0 Å². The van der Waals surface area contributed by atoms with E-state index >= 15 is 0 Å². The fraction of sp³-hybridized carbons (Fsp3) is 0. The van der Waals surface area contributed by atoms with Gasteiger partial charge >= 0.3 is 0 Å². The number of nitrogens with one attached hydrogen (secondary N) is 1. The Kier molecular flexibility index (Phi) is 4.53. The first kappa shape index (κ1) is 13.1. The van der Waals surface area contributed by atoms with Gasteiger partial charge in [-0.05, 0) is 48.6 Å². The second-order valence-electron chi connectivity index (χ2n) is 3.60. The molecule has 0 atom stereocenters. The van der Waals surface area contributed by atoms with Gasteiger partial charge in [-0.3, -0.25) is 4.79 Å². The molecule has 0 aliphatic rings. The van der Waals surface area contributed by atoms with Gasteiger partial charge in [-0.15, -0.1) is 0 Å². The largest absolute Gasteiger partial charge is 0.465 e. The molecule has 1 heterocycles. The quantitative estimate of drug-likeness (QED) is 0.686. The Morgan fingerprint density at radius 2 is 2.05 bits per heavy atom. The zero-order chi connectivity index (χ0) is 13.5. The number of rotatable bonds is 4. The summed E-state index contributed by atoms with van der Waals surface area (Å²) in [4.78, 5) is 11.6. The summed E-state index contributed by atoms with van der Waals surface area (Å²) in [7, 11) is 0. The molecule has 2 rings (SSSR count). The number of hydrazone groups is 1. The van der Waals surface area contributed by atoms with Crippen LogP contribution in [-0.2, 0) is 0 Å². The summed E-state index contributed by atoms with van der Waals surface area (Å²) in [6.45, 7) is 0. The Morgan fingerprint density at radius 1 is 1.26 bits per heavy atom. The molecule has 0 fully saturated rings. The highest BCUT2D eigenvalue weighted by molar-refractivity contribution is 6.30. The van der Waals surface area contributed by atoms with Crippen LogP contribution in [0.2, 0.25) is 5.02 Å². The SMILES string of the molecule is O=C(N/N=C/C=C/c1ccco1)c1ccc(Cl)cc1. The topological polar surface area (TPSA) is 54.6 Å². The zero-order valence-electron chi connectivity index (χ0n) is 9.92. The van der Waals surface area contributed by atoms with Gasteiger partial charge in [-0.2, -0.15) is 5.10 Å². The number of amides is 1. The summed E-state index contributed by atoms with van der Waals surface area (Å²) < 4.78 is 5.09. The molecule has 2 aromatic rings. The normalized spacial score (nSPS) is 11.2. The Hall–Kier alpha value is -2.33. The Balaban J connectivity index is 1.85. The van der Waals surface area contributed by atoms with E-state index in [1.807, 2.05) is 6.07 Å². The van der Waals surface area contributed by atoms with Gasteiger partial charge in [0.1, 0.15) is 5.76 Å². The van der Waals surface area contributed by atoms with Crippen molar-refractivity contribution in [3.63, 3.8) is 0 Å². The minimum Gasteiger partial charge on any atom is -0.465 e. The van der Waals surface area contributed by atoms with Gasteiger partial charge in [-0.1, -0.05) is 11.6 Å². The van der Waals surface area contributed by atoms with Crippen molar-refractivity contribution >= 4 is 29.8 Å². The minimum atomic E-state index is -0.292. The van der Waals surface area contributed by atoms with Crippen LogP contribution in [0.25, 0.3) is 6.08 Å². The first-order chi connectivity index (χ1) is 9.25. The molecule has 0 saturated heterocycles. The van der Waals surface area contributed by atoms with Crippen LogP contribution < -0.4 is 5.43 Å². The maximum absolute atomic E-state index is 11.6. The van der Waals surface area contributed by atoms with Crippen LogP contribution in [0.15, 0.2) is 58.3 Å². The van der Waals surface area contributed by atoms with Crippen molar-refractivity contribution in [1.29, 1.82) is 0 Å². The first-order valence-corrected chi connectivity index (χ1v) is 5.92. The van der Waals surface area contributed by atoms with Crippen molar-refractivity contribution in [2.24, 2.45) is 5.10 Å². The highest BCUT2D eigenvalue weighted by atomic mass is 35.5. The van der Waals surface area contributed by atoms with E-state index in [2.05, 4.69) is 10.5 Å². The van der Waals surface area contributed by atoms with Gasteiger partial charge in [0.2, 0.25) is 0 Å². The fourth-order valence-corrected chi connectivity index (χ4v) is 1.45. The van der Waals surface area contributed by atoms with Gasteiger partial charge in [0, 0.05) is 16.8 Å². The second-order valence-corrected chi connectivity index (χ2v) is 4.04. The summed E-state index contributed by atoms with van der Waals surface area (Å²) in [5.74, 6) is 0.426. The highest BCUT2D eigenvalue weighted by Gasteiger charge is 2.02. The third-order valence-electron chi connectivity index (χ3n) is 2.24. The van der Waals surface area contributed by atoms with Crippen LogP contribution in [0.4, 0.5) is 0 Å². The second kappa shape index (κ2) is 6.56. The number of hydrogen-bond acceptors (Lipinski definition) is 3. The summed E-state index contributed by atoms with van der Waals surface area (Å²) in [5, 5.41) is 4.37. The van der Waals surface area contributed by atoms with E-state index in [1.54, 1.807) is 48.7 Å². The number of halogens is 1. The minimum absolute atomic E-state index is 0.292. The molecular formula is C14H11ClN2O2. The van der Waals surface area contributed by atoms with Gasteiger partial charge < -0.3 is 4.42 Å². The Bertz CT molecular complexity index is 586. The molecule has 96 valence electrons.